The van der Waals surface area contributed by atoms with Crippen LogP contribution in [0.3, 0.4) is 0 Å². The molecule has 5 N–H and O–H groups in total. The van der Waals surface area contributed by atoms with Crippen LogP contribution in [-0.2, 0) is 29.1 Å². The fraction of sp³-hybridized carbons (Fsp3) is 0.351. The summed E-state index contributed by atoms with van der Waals surface area (Å²) in [6.07, 6.45) is 6.91. The van der Waals surface area contributed by atoms with Gasteiger partial charge in [-0.15, -0.1) is 0 Å². The maximum atomic E-state index is 13.4. The molecule has 0 radical (unpaired) electrons. The van der Waals surface area contributed by atoms with Gasteiger partial charge < -0.3 is 26.6 Å². The molecule has 4 amide bonds. The van der Waals surface area contributed by atoms with Gasteiger partial charge in [0.2, 0.25) is 12.3 Å². The third kappa shape index (κ3) is 9.17. The fourth-order valence-electron chi connectivity index (χ4n) is 6.05. The minimum atomic E-state index is -0.295. The number of amides is 4. The molecule has 0 unspecified atom stereocenters. The molecule has 0 spiro atoms. The number of hydrogen-bond acceptors (Lipinski definition) is 8. The number of aromatic nitrogens is 1. The third-order valence-corrected chi connectivity index (χ3v) is 8.44. The first-order valence-electron chi connectivity index (χ1n) is 16.8. The lowest BCUT2D eigenvalue weighted by Crippen LogP contribution is -2.34. The molecule has 5 rings (SSSR count). The number of pyridine rings is 1. The minimum absolute atomic E-state index is 0.0327. The maximum Gasteiger partial charge on any atom is 0.255 e. The highest BCUT2D eigenvalue weighted by molar-refractivity contribution is 6.08. The van der Waals surface area contributed by atoms with Crippen LogP contribution in [0.2, 0.25) is 0 Å². The molecule has 0 saturated heterocycles. The minimum Gasteiger partial charge on any atom is -0.387 e. The molecule has 0 saturated carbocycles. The quantitative estimate of drug-likeness (QED) is 0.151. The Hall–Kier alpha value is -5.36. The number of carbonyl (C=O) groups is 4. The van der Waals surface area contributed by atoms with Crippen LogP contribution in [0.1, 0.15) is 76.2 Å². The second kappa shape index (κ2) is 16.6. The molecule has 0 bridgehead atoms. The molecule has 1 aromatic heterocycles. The lowest BCUT2D eigenvalue weighted by atomic mass is 10.0. The van der Waals surface area contributed by atoms with Crippen molar-refractivity contribution in [2.75, 3.05) is 38.0 Å². The molecule has 2 aliphatic rings. The zero-order valence-corrected chi connectivity index (χ0v) is 28.1. The van der Waals surface area contributed by atoms with Gasteiger partial charge in [-0.2, -0.15) is 0 Å². The predicted molar refractivity (Wildman–Crippen MR) is 190 cm³/mol. The molecule has 2 aromatic carbocycles. The Kier molecular flexibility index (Phi) is 11.9. The van der Waals surface area contributed by atoms with Crippen LogP contribution in [0.25, 0.3) is 6.08 Å². The summed E-state index contributed by atoms with van der Waals surface area (Å²) in [6.45, 7) is 8.43. The summed E-state index contributed by atoms with van der Waals surface area (Å²) in [5.41, 5.74) is 12.8. The Labute approximate surface area is 286 Å². The van der Waals surface area contributed by atoms with Gasteiger partial charge in [-0.3, -0.25) is 29.1 Å². The van der Waals surface area contributed by atoms with Gasteiger partial charge in [0, 0.05) is 86.6 Å². The number of rotatable bonds is 14. The molecule has 2 aliphatic heterocycles. The van der Waals surface area contributed by atoms with E-state index in [4.69, 9.17) is 5.73 Å². The van der Waals surface area contributed by atoms with E-state index in [9.17, 15) is 19.2 Å². The Bertz CT molecular complexity index is 1750. The number of amidine groups is 1. The van der Waals surface area contributed by atoms with Crippen molar-refractivity contribution in [1.82, 2.24) is 25.4 Å². The van der Waals surface area contributed by atoms with E-state index in [1.807, 2.05) is 29.2 Å². The third-order valence-electron chi connectivity index (χ3n) is 8.44. The summed E-state index contributed by atoms with van der Waals surface area (Å²) < 4.78 is 0. The normalized spacial score (nSPS) is 13.9. The van der Waals surface area contributed by atoms with Crippen LogP contribution in [0.4, 0.5) is 11.4 Å². The molecule has 0 atom stereocenters. The standard InChI is InChI=1S/C37H44N8O4/c1-3-14-45(15-4-2)37(49)29-17-27-9-10-28(19-33(27)43-34(38)20-29)36(48)42-31-18-30-23-44(16-11-32(30)41-21-31)22-25-5-7-26(8-6-25)35(47)40-13-12-39-24-46/h5-10,17-19,21,24H,3-4,11-16,20,22-23H2,1-2H3,(H2,38,43)(H,39,46)(H,40,47)(H,42,48). The second-order valence-electron chi connectivity index (χ2n) is 12.3. The lowest BCUT2D eigenvalue weighted by Gasteiger charge is -2.28. The van der Waals surface area contributed by atoms with Crippen LogP contribution < -0.4 is 21.7 Å². The number of nitrogens with two attached hydrogens (primary N) is 1. The number of fused-ring (bicyclic) bond motifs is 2. The topological polar surface area (TPSA) is 162 Å². The highest BCUT2D eigenvalue weighted by Crippen LogP contribution is 2.29. The average molecular weight is 665 g/mol. The highest BCUT2D eigenvalue weighted by atomic mass is 16.2. The largest absolute Gasteiger partial charge is 0.387 e. The van der Waals surface area contributed by atoms with Gasteiger partial charge in [-0.1, -0.05) is 32.0 Å². The van der Waals surface area contributed by atoms with Gasteiger partial charge in [0.05, 0.1) is 17.6 Å². The van der Waals surface area contributed by atoms with Gasteiger partial charge in [-0.05, 0) is 60.4 Å². The smallest absolute Gasteiger partial charge is 0.255 e. The molecule has 49 heavy (non-hydrogen) atoms. The van der Waals surface area contributed by atoms with E-state index < -0.39 is 0 Å². The molecule has 0 fully saturated rings. The molecule has 3 heterocycles. The summed E-state index contributed by atoms with van der Waals surface area (Å²) in [5.74, 6) is -0.186. The zero-order valence-electron chi connectivity index (χ0n) is 28.1. The summed E-state index contributed by atoms with van der Waals surface area (Å²) in [7, 11) is 0. The van der Waals surface area contributed by atoms with Crippen LogP contribution in [0.5, 0.6) is 0 Å². The molecule has 0 aliphatic carbocycles. The number of nitrogens with one attached hydrogen (secondary N) is 3. The van der Waals surface area contributed by atoms with Crippen molar-refractivity contribution in [3.63, 3.8) is 0 Å². The van der Waals surface area contributed by atoms with Gasteiger partial charge >= 0.3 is 0 Å². The van der Waals surface area contributed by atoms with Gasteiger partial charge in [0.15, 0.2) is 0 Å². The molecule has 3 aromatic rings. The van der Waals surface area contributed by atoms with E-state index in [0.717, 1.165) is 48.2 Å². The van der Waals surface area contributed by atoms with E-state index in [2.05, 4.69) is 44.7 Å². The summed E-state index contributed by atoms with van der Waals surface area (Å²) in [5, 5.41) is 8.27. The van der Waals surface area contributed by atoms with Crippen LogP contribution in [-0.4, -0.2) is 77.5 Å². The number of aliphatic imine (C=N–C) groups is 1. The van der Waals surface area contributed by atoms with Crippen molar-refractivity contribution in [2.45, 2.75) is 52.6 Å². The molecule has 12 nitrogen and oxygen atoms in total. The molecular weight excluding hydrogens is 620 g/mol. The van der Waals surface area contributed by atoms with Gasteiger partial charge in [0.1, 0.15) is 5.84 Å². The van der Waals surface area contributed by atoms with E-state index >= 15 is 0 Å². The van der Waals surface area contributed by atoms with Crippen molar-refractivity contribution in [1.29, 1.82) is 0 Å². The molecule has 256 valence electrons. The number of nitrogens with zero attached hydrogens (tertiary/aromatic N) is 4. The fourth-order valence-corrected chi connectivity index (χ4v) is 6.05. The van der Waals surface area contributed by atoms with Crippen LogP contribution in [0.15, 0.2) is 65.3 Å². The monoisotopic (exact) mass is 664 g/mol. The van der Waals surface area contributed by atoms with Crippen molar-refractivity contribution in [3.8, 4) is 0 Å². The van der Waals surface area contributed by atoms with E-state index in [1.165, 1.54) is 0 Å². The first kappa shape index (κ1) is 35.0. The number of anilines is 1. The van der Waals surface area contributed by atoms with E-state index in [-0.39, 0.29) is 24.1 Å². The first-order chi connectivity index (χ1) is 23.8. The maximum absolute atomic E-state index is 13.4. The predicted octanol–water partition coefficient (Wildman–Crippen LogP) is 3.79. The molecular formula is C37H44N8O4. The number of benzene rings is 2. The molecule has 12 heteroatoms. The summed E-state index contributed by atoms with van der Waals surface area (Å²) >= 11 is 0. The van der Waals surface area contributed by atoms with Crippen molar-refractivity contribution < 1.29 is 19.2 Å². The zero-order chi connectivity index (χ0) is 34.8. The SMILES string of the molecule is CCCN(CCC)C(=O)C1=Cc2ccc(C(=O)Nc3cnc4c(c3)CN(Cc3ccc(C(=O)NCCNC=O)cc3)CC4)cc2N=C(N)C1. The summed E-state index contributed by atoms with van der Waals surface area (Å²) in [4.78, 5) is 62.7. The van der Waals surface area contributed by atoms with Crippen molar-refractivity contribution in [2.24, 2.45) is 10.7 Å². The lowest BCUT2D eigenvalue weighted by molar-refractivity contribution is -0.127. The Morgan fingerprint density at radius 2 is 1.73 bits per heavy atom. The van der Waals surface area contributed by atoms with E-state index in [0.29, 0.717) is 79.6 Å². The highest BCUT2D eigenvalue weighted by Gasteiger charge is 2.22. The van der Waals surface area contributed by atoms with Gasteiger partial charge in [0.25, 0.3) is 11.8 Å². The average Bonchev–Trinajstić information content (AvgIpc) is 3.27. The number of carbonyl (C=O) groups excluding carboxylic acids is 4. The van der Waals surface area contributed by atoms with E-state index in [1.54, 1.807) is 36.5 Å². The van der Waals surface area contributed by atoms with Crippen LogP contribution >= 0.6 is 0 Å². The Morgan fingerprint density at radius 3 is 2.47 bits per heavy atom. The van der Waals surface area contributed by atoms with Crippen LogP contribution in [0, 0.1) is 0 Å². The number of hydrogen-bond donors (Lipinski definition) is 4. The Morgan fingerprint density at radius 1 is 0.980 bits per heavy atom. The second-order valence-corrected chi connectivity index (χ2v) is 12.3. The van der Waals surface area contributed by atoms with Gasteiger partial charge in [-0.25, -0.2) is 4.99 Å². The van der Waals surface area contributed by atoms with Crippen molar-refractivity contribution >= 4 is 47.4 Å². The summed E-state index contributed by atoms with van der Waals surface area (Å²) in [6, 6.07) is 14.7. The Balaban J connectivity index is 1.22. The first-order valence-corrected chi connectivity index (χ1v) is 16.8. The van der Waals surface area contributed by atoms with Crippen molar-refractivity contribution in [3.05, 3.63) is 93.8 Å².